The molecule has 3 heteroatoms. The van der Waals surface area contributed by atoms with Crippen molar-refractivity contribution >= 4 is 10.9 Å². The zero-order valence-electron chi connectivity index (χ0n) is 11.0. The summed E-state index contributed by atoms with van der Waals surface area (Å²) in [6, 6.07) is 12.2. The van der Waals surface area contributed by atoms with Gasteiger partial charge in [0.1, 0.15) is 0 Å². The molecular weight excluding hydrogens is 224 g/mol. The van der Waals surface area contributed by atoms with Crippen molar-refractivity contribution in [1.82, 2.24) is 4.98 Å². The van der Waals surface area contributed by atoms with Gasteiger partial charge in [0, 0.05) is 11.9 Å². The van der Waals surface area contributed by atoms with E-state index < -0.39 is 0 Å². The number of fused-ring (bicyclic) bond motifs is 1. The van der Waals surface area contributed by atoms with E-state index in [1.54, 1.807) is 0 Å². The summed E-state index contributed by atoms with van der Waals surface area (Å²) in [5.41, 5.74) is 7.42. The molecule has 0 saturated heterocycles. The zero-order chi connectivity index (χ0) is 13.0. The molecule has 2 rings (SSSR count). The number of benzene rings is 1. The molecule has 2 N–H and O–H groups in total. The molecule has 0 saturated carbocycles. The fourth-order valence-corrected chi connectivity index (χ4v) is 1.74. The van der Waals surface area contributed by atoms with Gasteiger partial charge in [0.15, 0.2) is 0 Å². The number of para-hydroxylation sites is 1. The van der Waals surface area contributed by atoms with Crippen LogP contribution in [0.4, 0.5) is 0 Å². The van der Waals surface area contributed by atoms with Gasteiger partial charge in [-0.2, -0.15) is 0 Å². The minimum absolute atomic E-state index is 0.257. The summed E-state index contributed by atoms with van der Waals surface area (Å²) >= 11 is 0. The Hall–Kier alpha value is -1.45. The summed E-state index contributed by atoms with van der Waals surface area (Å²) in [7, 11) is 0. The summed E-state index contributed by atoms with van der Waals surface area (Å²) in [4.78, 5) is 4.58. The van der Waals surface area contributed by atoms with Crippen LogP contribution in [0.5, 0.6) is 0 Å². The highest BCUT2D eigenvalue weighted by Crippen LogP contribution is 2.17. The summed E-state index contributed by atoms with van der Waals surface area (Å²) in [6.45, 7) is 5.15. The molecule has 0 radical (unpaired) electrons. The minimum Gasteiger partial charge on any atom is -0.368 e. The second kappa shape index (κ2) is 5.46. The number of pyridine rings is 1. The monoisotopic (exact) mass is 244 g/mol. The van der Waals surface area contributed by atoms with Crippen molar-refractivity contribution < 1.29 is 4.74 Å². The lowest BCUT2D eigenvalue weighted by molar-refractivity contribution is -0.0400. The molecule has 0 bridgehead atoms. The van der Waals surface area contributed by atoms with Crippen molar-refractivity contribution in [1.29, 1.82) is 0 Å². The van der Waals surface area contributed by atoms with Crippen LogP contribution in [0, 0.1) is 0 Å². The van der Waals surface area contributed by atoms with Gasteiger partial charge in [-0.25, -0.2) is 0 Å². The molecular formula is C15H20N2O. The predicted molar refractivity (Wildman–Crippen MR) is 74.3 cm³/mol. The Balaban J connectivity index is 2.12. The van der Waals surface area contributed by atoms with Gasteiger partial charge >= 0.3 is 0 Å². The maximum Gasteiger partial charge on any atom is 0.0896 e. The van der Waals surface area contributed by atoms with Crippen LogP contribution in [0.15, 0.2) is 36.4 Å². The first-order chi connectivity index (χ1) is 8.67. The lowest BCUT2D eigenvalue weighted by atomic mass is 10.0. The Morgan fingerprint density at radius 2 is 2.00 bits per heavy atom. The Labute approximate surface area is 108 Å². The van der Waals surface area contributed by atoms with Gasteiger partial charge in [-0.1, -0.05) is 31.2 Å². The molecule has 1 aromatic heterocycles. The Morgan fingerprint density at radius 1 is 1.22 bits per heavy atom. The standard InChI is InChI=1S/C15H20N2O/c1-3-15(2,11-16)18-10-13-9-8-12-6-4-5-7-14(12)17-13/h4-9H,3,10-11,16H2,1-2H3. The second-order valence-corrected chi connectivity index (χ2v) is 4.79. The molecule has 0 amide bonds. The molecule has 2 aromatic rings. The SMILES string of the molecule is CCC(C)(CN)OCc1ccc2ccccc2n1. The normalized spacial score (nSPS) is 14.6. The van der Waals surface area contributed by atoms with E-state index in [0.29, 0.717) is 13.2 Å². The van der Waals surface area contributed by atoms with Crippen LogP contribution in [0.2, 0.25) is 0 Å². The molecule has 0 aliphatic carbocycles. The third-order valence-electron chi connectivity index (χ3n) is 3.40. The molecule has 3 nitrogen and oxygen atoms in total. The highest BCUT2D eigenvalue weighted by molar-refractivity contribution is 5.78. The van der Waals surface area contributed by atoms with E-state index in [1.807, 2.05) is 31.2 Å². The summed E-state index contributed by atoms with van der Waals surface area (Å²) in [6.07, 6.45) is 0.900. The predicted octanol–water partition coefficient (Wildman–Crippen LogP) is 2.88. The van der Waals surface area contributed by atoms with E-state index in [1.165, 1.54) is 0 Å². The van der Waals surface area contributed by atoms with E-state index >= 15 is 0 Å². The molecule has 0 aliphatic rings. The third kappa shape index (κ3) is 2.86. The first-order valence-electron chi connectivity index (χ1n) is 6.35. The number of aromatic nitrogens is 1. The van der Waals surface area contributed by atoms with Crippen molar-refractivity contribution in [2.24, 2.45) is 5.73 Å². The quantitative estimate of drug-likeness (QED) is 0.879. The summed E-state index contributed by atoms with van der Waals surface area (Å²) < 4.78 is 5.88. The molecule has 0 spiro atoms. The van der Waals surface area contributed by atoms with Crippen LogP contribution in [-0.4, -0.2) is 17.1 Å². The number of ether oxygens (including phenoxy) is 1. The molecule has 0 fully saturated rings. The van der Waals surface area contributed by atoms with E-state index in [0.717, 1.165) is 23.0 Å². The highest BCUT2D eigenvalue weighted by atomic mass is 16.5. The van der Waals surface area contributed by atoms with Crippen LogP contribution >= 0.6 is 0 Å². The van der Waals surface area contributed by atoms with Gasteiger partial charge in [-0.15, -0.1) is 0 Å². The van der Waals surface area contributed by atoms with Gasteiger partial charge in [0.2, 0.25) is 0 Å². The van der Waals surface area contributed by atoms with Crippen LogP contribution in [0.1, 0.15) is 26.0 Å². The van der Waals surface area contributed by atoms with Gasteiger partial charge in [0.25, 0.3) is 0 Å². The average molecular weight is 244 g/mol. The minimum atomic E-state index is -0.257. The largest absolute Gasteiger partial charge is 0.368 e. The first-order valence-corrected chi connectivity index (χ1v) is 6.35. The third-order valence-corrected chi connectivity index (χ3v) is 3.40. The highest BCUT2D eigenvalue weighted by Gasteiger charge is 2.20. The van der Waals surface area contributed by atoms with E-state index in [-0.39, 0.29) is 5.60 Å². The van der Waals surface area contributed by atoms with Gasteiger partial charge in [-0.05, 0) is 25.5 Å². The maximum atomic E-state index is 5.88. The van der Waals surface area contributed by atoms with Crippen LogP contribution < -0.4 is 5.73 Å². The molecule has 1 heterocycles. The summed E-state index contributed by atoms with van der Waals surface area (Å²) in [5.74, 6) is 0. The van der Waals surface area contributed by atoms with Crippen LogP contribution in [-0.2, 0) is 11.3 Å². The molecule has 1 atom stereocenters. The number of hydrogen-bond donors (Lipinski definition) is 1. The number of nitrogens with two attached hydrogens (primary N) is 1. The zero-order valence-corrected chi connectivity index (χ0v) is 11.0. The number of hydrogen-bond acceptors (Lipinski definition) is 3. The van der Waals surface area contributed by atoms with Gasteiger partial charge in [-0.3, -0.25) is 4.98 Å². The molecule has 1 unspecified atom stereocenters. The Morgan fingerprint density at radius 3 is 2.72 bits per heavy atom. The van der Waals surface area contributed by atoms with Crippen molar-refractivity contribution in [3.63, 3.8) is 0 Å². The molecule has 96 valence electrons. The van der Waals surface area contributed by atoms with Crippen LogP contribution in [0.3, 0.4) is 0 Å². The molecule has 0 aliphatic heterocycles. The van der Waals surface area contributed by atoms with E-state index in [2.05, 4.69) is 24.0 Å². The van der Waals surface area contributed by atoms with Crippen molar-refractivity contribution in [3.8, 4) is 0 Å². The maximum absolute atomic E-state index is 5.88. The van der Waals surface area contributed by atoms with Crippen molar-refractivity contribution in [2.75, 3.05) is 6.54 Å². The fourth-order valence-electron chi connectivity index (χ4n) is 1.74. The smallest absolute Gasteiger partial charge is 0.0896 e. The summed E-state index contributed by atoms with van der Waals surface area (Å²) in [5, 5.41) is 1.15. The van der Waals surface area contributed by atoms with Crippen LogP contribution in [0.25, 0.3) is 10.9 Å². The lowest BCUT2D eigenvalue weighted by Gasteiger charge is -2.26. The Kier molecular flexibility index (Phi) is 3.94. The van der Waals surface area contributed by atoms with Gasteiger partial charge in [0.05, 0.1) is 23.4 Å². The Bertz CT molecular complexity index is 521. The topological polar surface area (TPSA) is 48.1 Å². The number of rotatable bonds is 5. The lowest BCUT2D eigenvalue weighted by Crippen LogP contribution is -2.36. The molecule has 18 heavy (non-hydrogen) atoms. The van der Waals surface area contributed by atoms with E-state index in [4.69, 9.17) is 10.5 Å². The van der Waals surface area contributed by atoms with Crippen molar-refractivity contribution in [3.05, 3.63) is 42.1 Å². The second-order valence-electron chi connectivity index (χ2n) is 4.79. The number of nitrogens with zero attached hydrogens (tertiary/aromatic N) is 1. The molecule has 1 aromatic carbocycles. The average Bonchev–Trinajstić information content (AvgIpc) is 2.44. The van der Waals surface area contributed by atoms with E-state index in [9.17, 15) is 0 Å². The van der Waals surface area contributed by atoms with Gasteiger partial charge < -0.3 is 10.5 Å². The van der Waals surface area contributed by atoms with Crippen molar-refractivity contribution in [2.45, 2.75) is 32.5 Å². The fraction of sp³-hybridized carbons (Fsp3) is 0.400. The first kappa shape index (κ1) is 13.0.